The average molecular weight is 459 g/mol. The van der Waals surface area contributed by atoms with Crippen LogP contribution in [0.1, 0.15) is 37.7 Å². The quantitative estimate of drug-likeness (QED) is 0.390. The first-order valence-electron chi connectivity index (χ1n) is 10.7. The topological polar surface area (TPSA) is 59.1 Å². The van der Waals surface area contributed by atoms with Crippen molar-refractivity contribution in [2.75, 3.05) is 10.6 Å². The highest BCUT2D eigenvalue weighted by atomic mass is 35.5. The summed E-state index contributed by atoms with van der Waals surface area (Å²) in [5.41, 5.74) is 2.48. The first-order valence-corrected chi connectivity index (χ1v) is 11.1. The summed E-state index contributed by atoms with van der Waals surface area (Å²) >= 11 is 6.43. The standard InChI is InChI=1S/C24H25ClF2N4O/c25-20-15-29-23(30-17-5-2-1-3-6-17)13-19(20)21-7-4-8-22(31-21)28-14-16-9-11-18(12-10-16)32-24(26)27/h4,7-13,15,17,24H,1-3,5-6,14H2,(H,28,31)(H,29,30). The number of aromatic nitrogens is 2. The molecule has 32 heavy (non-hydrogen) atoms. The Kier molecular flexibility index (Phi) is 7.37. The van der Waals surface area contributed by atoms with Crippen LogP contribution < -0.4 is 15.4 Å². The Morgan fingerprint density at radius 1 is 1.03 bits per heavy atom. The minimum Gasteiger partial charge on any atom is -0.435 e. The van der Waals surface area contributed by atoms with Crippen LogP contribution in [0.5, 0.6) is 5.75 Å². The number of rotatable bonds is 8. The van der Waals surface area contributed by atoms with E-state index in [0.29, 0.717) is 23.4 Å². The highest BCUT2D eigenvalue weighted by molar-refractivity contribution is 6.33. The number of hydrogen-bond donors (Lipinski definition) is 2. The molecule has 1 fully saturated rings. The SMILES string of the molecule is FC(F)Oc1ccc(CNc2cccc(-c3cc(NC4CCCCC4)ncc3Cl)n2)cc1. The van der Waals surface area contributed by atoms with Crippen LogP contribution in [-0.4, -0.2) is 22.6 Å². The van der Waals surface area contributed by atoms with Crippen molar-refractivity contribution in [1.29, 1.82) is 0 Å². The third kappa shape index (κ3) is 6.07. The lowest BCUT2D eigenvalue weighted by Gasteiger charge is -2.23. The van der Waals surface area contributed by atoms with Crippen molar-refractivity contribution >= 4 is 23.2 Å². The lowest BCUT2D eigenvalue weighted by atomic mass is 9.95. The number of anilines is 2. The van der Waals surface area contributed by atoms with E-state index in [1.807, 2.05) is 24.3 Å². The molecule has 0 unspecified atom stereocenters. The second-order valence-corrected chi connectivity index (χ2v) is 8.22. The van der Waals surface area contributed by atoms with Crippen LogP contribution >= 0.6 is 11.6 Å². The van der Waals surface area contributed by atoms with Gasteiger partial charge in [-0.1, -0.05) is 49.1 Å². The first-order chi connectivity index (χ1) is 15.6. The Balaban J connectivity index is 1.43. The summed E-state index contributed by atoms with van der Waals surface area (Å²) in [5.74, 6) is 1.63. The minimum atomic E-state index is -2.83. The van der Waals surface area contributed by atoms with Gasteiger partial charge in [0.25, 0.3) is 0 Å². The number of ether oxygens (including phenoxy) is 1. The monoisotopic (exact) mass is 458 g/mol. The lowest BCUT2D eigenvalue weighted by Crippen LogP contribution is -2.22. The van der Waals surface area contributed by atoms with Gasteiger partial charge >= 0.3 is 6.61 Å². The second-order valence-electron chi connectivity index (χ2n) is 7.81. The van der Waals surface area contributed by atoms with Crippen LogP contribution in [0, 0.1) is 0 Å². The molecule has 2 aromatic heterocycles. The van der Waals surface area contributed by atoms with Gasteiger partial charge in [-0.3, -0.25) is 0 Å². The van der Waals surface area contributed by atoms with E-state index in [1.54, 1.807) is 18.3 Å². The van der Waals surface area contributed by atoms with Gasteiger partial charge in [0.1, 0.15) is 17.4 Å². The van der Waals surface area contributed by atoms with Crippen molar-refractivity contribution < 1.29 is 13.5 Å². The summed E-state index contributed by atoms with van der Waals surface area (Å²) in [5, 5.41) is 7.32. The Morgan fingerprint density at radius 3 is 2.56 bits per heavy atom. The molecule has 1 aliphatic rings. The van der Waals surface area contributed by atoms with Gasteiger partial charge < -0.3 is 15.4 Å². The molecular formula is C24H25ClF2N4O. The molecule has 3 aromatic rings. The zero-order chi connectivity index (χ0) is 22.3. The van der Waals surface area contributed by atoms with Crippen LogP contribution in [-0.2, 0) is 6.54 Å². The van der Waals surface area contributed by atoms with Gasteiger partial charge in [-0.15, -0.1) is 0 Å². The molecule has 0 aliphatic heterocycles. The molecule has 2 N–H and O–H groups in total. The molecule has 0 bridgehead atoms. The maximum atomic E-state index is 12.3. The molecule has 168 valence electrons. The molecule has 0 radical (unpaired) electrons. The van der Waals surface area contributed by atoms with Gasteiger partial charge in [-0.05, 0) is 48.7 Å². The zero-order valence-corrected chi connectivity index (χ0v) is 18.3. The lowest BCUT2D eigenvalue weighted by molar-refractivity contribution is -0.0498. The summed E-state index contributed by atoms with van der Waals surface area (Å²) in [6.45, 7) is -2.34. The molecule has 2 heterocycles. The normalized spacial score (nSPS) is 14.4. The predicted molar refractivity (Wildman–Crippen MR) is 123 cm³/mol. The van der Waals surface area contributed by atoms with Crippen molar-refractivity contribution in [3.63, 3.8) is 0 Å². The van der Waals surface area contributed by atoms with Crippen LogP contribution in [0.15, 0.2) is 54.7 Å². The zero-order valence-electron chi connectivity index (χ0n) is 17.5. The summed E-state index contributed by atoms with van der Waals surface area (Å²) in [6, 6.07) is 14.6. The fraction of sp³-hybridized carbons (Fsp3) is 0.333. The smallest absolute Gasteiger partial charge is 0.387 e. The van der Waals surface area contributed by atoms with Gasteiger partial charge in [0.2, 0.25) is 0 Å². The molecule has 1 saturated carbocycles. The highest BCUT2D eigenvalue weighted by Crippen LogP contribution is 2.30. The molecule has 1 aliphatic carbocycles. The summed E-state index contributed by atoms with van der Waals surface area (Å²) < 4.78 is 28.9. The van der Waals surface area contributed by atoms with Gasteiger partial charge in [0, 0.05) is 24.3 Å². The molecule has 8 heteroatoms. The van der Waals surface area contributed by atoms with E-state index >= 15 is 0 Å². The number of hydrogen-bond acceptors (Lipinski definition) is 5. The molecular weight excluding hydrogens is 434 g/mol. The average Bonchev–Trinajstić information content (AvgIpc) is 2.80. The molecule has 5 nitrogen and oxygen atoms in total. The molecule has 0 amide bonds. The van der Waals surface area contributed by atoms with Gasteiger partial charge in [0.05, 0.1) is 10.7 Å². The summed E-state index contributed by atoms with van der Waals surface area (Å²) in [7, 11) is 0. The van der Waals surface area contributed by atoms with Gasteiger partial charge in [0.15, 0.2) is 0 Å². The van der Waals surface area contributed by atoms with Gasteiger partial charge in [-0.2, -0.15) is 8.78 Å². The Morgan fingerprint density at radius 2 is 1.81 bits per heavy atom. The van der Waals surface area contributed by atoms with Crippen molar-refractivity contribution in [1.82, 2.24) is 9.97 Å². The van der Waals surface area contributed by atoms with E-state index in [-0.39, 0.29) is 5.75 Å². The molecule has 1 aromatic carbocycles. The van der Waals surface area contributed by atoms with Crippen molar-refractivity contribution in [2.24, 2.45) is 0 Å². The van der Waals surface area contributed by atoms with Crippen molar-refractivity contribution in [3.8, 4) is 17.0 Å². The van der Waals surface area contributed by atoms with E-state index in [0.717, 1.165) is 35.5 Å². The largest absolute Gasteiger partial charge is 0.435 e. The number of nitrogens with zero attached hydrogens (tertiary/aromatic N) is 2. The number of nitrogens with one attached hydrogen (secondary N) is 2. The second kappa shape index (κ2) is 10.6. The Labute approximate surface area is 191 Å². The van der Waals surface area contributed by atoms with Crippen LogP contribution in [0.3, 0.4) is 0 Å². The molecule has 4 rings (SSSR count). The van der Waals surface area contributed by atoms with Crippen LogP contribution in [0.25, 0.3) is 11.3 Å². The predicted octanol–water partition coefficient (Wildman–Crippen LogP) is 6.76. The minimum absolute atomic E-state index is 0.133. The number of pyridine rings is 2. The Hall–Kier alpha value is -2.93. The van der Waals surface area contributed by atoms with E-state index in [9.17, 15) is 8.78 Å². The van der Waals surface area contributed by atoms with E-state index in [1.165, 1.54) is 31.4 Å². The first kappa shape index (κ1) is 22.3. The van der Waals surface area contributed by atoms with Crippen LogP contribution in [0.2, 0.25) is 5.02 Å². The summed E-state index contributed by atoms with van der Waals surface area (Å²) in [6.07, 6.45) is 7.77. The van der Waals surface area contributed by atoms with Gasteiger partial charge in [-0.25, -0.2) is 9.97 Å². The van der Waals surface area contributed by atoms with E-state index in [4.69, 9.17) is 11.6 Å². The van der Waals surface area contributed by atoms with E-state index in [2.05, 4.69) is 25.3 Å². The maximum Gasteiger partial charge on any atom is 0.387 e. The fourth-order valence-electron chi connectivity index (χ4n) is 3.83. The number of benzene rings is 1. The summed E-state index contributed by atoms with van der Waals surface area (Å²) in [4.78, 5) is 9.13. The number of alkyl halides is 2. The number of halogens is 3. The fourth-order valence-corrected chi connectivity index (χ4v) is 4.03. The third-order valence-electron chi connectivity index (χ3n) is 5.46. The molecule has 0 saturated heterocycles. The molecule has 0 atom stereocenters. The van der Waals surface area contributed by atoms with Crippen molar-refractivity contribution in [3.05, 3.63) is 65.3 Å². The maximum absolute atomic E-state index is 12.3. The van der Waals surface area contributed by atoms with E-state index < -0.39 is 6.61 Å². The van der Waals surface area contributed by atoms with Crippen LogP contribution in [0.4, 0.5) is 20.4 Å². The van der Waals surface area contributed by atoms with Crippen molar-refractivity contribution in [2.45, 2.75) is 51.3 Å². The highest BCUT2D eigenvalue weighted by Gasteiger charge is 2.15. The molecule has 0 spiro atoms. The Bertz CT molecular complexity index is 1030. The third-order valence-corrected chi connectivity index (χ3v) is 5.76.